The zero-order chi connectivity index (χ0) is 14.5. The minimum atomic E-state index is 0.386. The van der Waals surface area contributed by atoms with Crippen LogP contribution >= 0.6 is 11.6 Å². The van der Waals surface area contributed by atoms with E-state index in [1.165, 1.54) is 11.3 Å². The molecule has 0 atom stereocenters. The zero-order valence-corrected chi connectivity index (χ0v) is 12.4. The van der Waals surface area contributed by atoms with Crippen molar-refractivity contribution in [1.29, 1.82) is 0 Å². The van der Waals surface area contributed by atoms with Gasteiger partial charge in [0.05, 0.1) is 0 Å². The minimum absolute atomic E-state index is 0.386. The molecule has 1 heterocycles. The van der Waals surface area contributed by atoms with Gasteiger partial charge in [0.15, 0.2) is 11.0 Å². The van der Waals surface area contributed by atoms with E-state index in [1.54, 1.807) is 12.1 Å². The summed E-state index contributed by atoms with van der Waals surface area (Å²) in [6, 6.07) is 14.2. The number of benzene rings is 1. The topological polar surface area (TPSA) is 50.2 Å². The van der Waals surface area contributed by atoms with Crippen LogP contribution in [0.1, 0.15) is 37.2 Å². The molecule has 0 amide bonds. The maximum absolute atomic E-state index is 5.70. The van der Waals surface area contributed by atoms with Crippen molar-refractivity contribution in [2.75, 3.05) is 5.43 Å². The summed E-state index contributed by atoms with van der Waals surface area (Å²) in [5, 5.41) is 12.5. The van der Waals surface area contributed by atoms with Gasteiger partial charge in [-0.2, -0.15) is 5.10 Å². The molecular weight excluding hydrogens is 284 g/mol. The molecule has 1 aliphatic carbocycles. The van der Waals surface area contributed by atoms with Crippen LogP contribution in [0.4, 0.5) is 5.82 Å². The number of aromatic nitrogens is 2. The summed E-state index contributed by atoms with van der Waals surface area (Å²) in [6.07, 6.45) is 4.34. The third kappa shape index (κ3) is 3.79. The second kappa shape index (κ2) is 6.68. The molecule has 2 aromatic rings. The van der Waals surface area contributed by atoms with Crippen LogP contribution in [0.15, 0.2) is 47.6 Å². The molecule has 0 aliphatic heterocycles. The van der Waals surface area contributed by atoms with E-state index in [-0.39, 0.29) is 0 Å². The highest BCUT2D eigenvalue weighted by atomic mass is 35.5. The molecule has 1 aliphatic rings. The fourth-order valence-corrected chi connectivity index (χ4v) is 2.73. The van der Waals surface area contributed by atoms with Gasteiger partial charge in [0.25, 0.3) is 0 Å². The molecule has 0 saturated heterocycles. The monoisotopic (exact) mass is 300 g/mol. The lowest BCUT2D eigenvalue weighted by Crippen LogP contribution is -2.14. The summed E-state index contributed by atoms with van der Waals surface area (Å²) in [6.45, 7) is 0. The third-order valence-electron chi connectivity index (χ3n) is 3.79. The van der Waals surface area contributed by atoms with Gasteiger partial charge in [-0.1, -0.05) is 41.9 Å². The van der Waals surface area contributed by atoms with Crippen LogP contribution in [0.5, 0.6) is 0 Å². The maximum atomic E-state index is 5.70. The molecule has 0 bridgehead atoms. The summed E-state index contributed by atoms with van der Waals surface area (Å²) < 4.78 is 0. The lowest BCUT2D eigenvalue weighted by molar-refractivity contribution is 0.566. The first-order chi connectivity index (χ1) is 10.3. The Morgan fingerprint density at radius 2 is 1.76 bits per heavy atom. The Morgan fingerprint density at radius 1 is 1.00 bits per heavy atom. The number of nitrogens with zero attached hydrogens (tertiary/aromatic N) is 3. The lowest BCUT2D eigenvalue weighted by Gasteiger charge is -2.23. The fourth-order valence-electron chi connectivity index (χ4n) is 2.63. The van der Waals surface area contributed by atoms with Crippen LogP contribution in [-0.4, -0.2) is 15.9 Å². The van der Waals surface area contributed by atoms with E-state index in [9.17, 15) is 0 Å². The third-order valence-corrected chi connectivity index (χ3v) is 4.00. The molecule has 1 saturated carbocycles. The second-order valence-corrected chi connectivity index (χ2v) is 5.60. The van der Waals surface area contributed by atoms with Gasteiger partial charge >= 0.3 is 0 Å². The molecule has 0 unspecified atom stereocenters. The molecule has 0 spiro atoms. The number of nitrogens with one attached hydrogen (secondary N) is 1. The molecule has 21 heavy (non-hydrogen) atoms. The molecule has 3 rings (SSSR count). The van der Waals surface area contributed by atoms with Crippen LogP contribution in [0.2, 0.25) is 5.15 Å². The van der Waals surface area contributed by atoms with Gasteiger partial charge in [-0.25, -0.2) is 0 Å². The van der Waals surface area contributed by atoms with Gasteiger partial charge in [0.2, 0.25) is 0 Å². The quantitative estimate of drug-likeness (QED) is 0.862. The zero-order valence-electron chi connectivity index (χ0n) is 11.7. The first-order valence-corrected chi connectivity index (χ1v) is 7.55. The van der Waals surface area contributed by atoms with Crippen LogP contribution in [-0.2, 0) is 0 Å². The van der Waals surface area contributed by atoms with Crippen LogP contribution in [0.25, 0.3) is 0 Å². The highest BCUT2D eigenvalue weighted by Crippen LogP contribution is 2.31. The molecule has 1 aromatic heterocycles. The molecular formula is C16H17ClN4. The standard InChI is InChI=1S/C16H17ClN4/c17-15-10-11-16(21-19-15)20-18-14-8-6-13(7-9-14)12-4-2-1-3-5-12/h1-5,10-11,13H,6-9H2,(H,20,21). The van der Waals surface area contributed by atoms with Crippen molar-refractivity contribution >= 4 is 23.1 Å². The minimum Gasteiger partial charge on any atom is -0.260 e. The number of anilines is 1. The maximum Gasteiger partial charge on any atom is 0.168 e. The second-order valence-electron chi connectivity index (χ2n) is 5.22. The molecule has 1 N–H and O–H groups in total. The summed E-state index contributed by atoms with van der Waals surface area (Å²) in [5.74, 6) is 1.28. The molecule has 108 valence electrons. The van der Waals surface area contributed by atoms with E-state index in [0.717, 1.165) is 25.7 Å². The molecule has 4 nitrogen and oxygen atoms in total. The van der Waals surface area contributed by atoms with E-state index < -0.39 is 0 Å². The highest BCUT2D eigenvalue weighted by molar-refractivity contribution is 6.29. The Labute approximate surface area is 129 Å². The van der Waals surface area contributed by atoms with Gasteiger partial charge in [0.1, 0.15) is 0 Å². The molecule has 0 radical (unpaired) electrons. The van der Waals surface area contributed by atoms with Gasteiger partial charge in [-0.05, 0) is 49.3 Å². The first-order valence-electron chi connectivity index (χ1n) is 7.17. The number of halogens is 1. The summed E-state index contributed by atoms with van der Waals surface area (Å²) in [5.41, 5.74) is 5.58. The van der Waals surface area contributed by atoms with E-state index in [1.807, 2.05) is 0 Å². The molecule has 1 fully saturated rings. The highest BCUT2D eigenvalue weighted by Gasteiger charge is 2.18. The number of hydrogen-bond donors (Lipinski definition) is 1. The van der Waals surface area contributed by atoms with Crippen LogP contribution in [0.3, 0.4) is 0 Å². The van der Waals surface area contributed by atoms with Crippen molar-refractivity contribution in [2.45, 2.75) is 31.6 Å². The predicted octanol–water partition coefficient (Wildman–Crippen LogP) is 4.26. The van der Waals surface area contributed by atoms with Crippen molar-refractivity contribution in [2.24, 2.45) is 5.10 Å². The van der Waals surface area contributed by atoms with E-state index in [0.29, 0.717) is 16.9 Å². The average Bonchev–Trinajstić information content (AvgIpc) is 2.56. The molecule has 1 aromatic carbocycles. The Morgan fingerprint density at radius 3 is 2.43 bits per heavy atom. The van der Waals surface area contributed by atoms with Crippen molar-refractivity contribution < 1.29 is 0 Å². The van der Waals surface area contributed by atoms with Crippen molar-refractivity contribution in [3.8, 4) is 0 Å². The van der Waals surface area contributed by atoms with Crippen molar-refractivity contribution in [3.05, 3.63) is 53.2 Å². The SMILES string of the molecule is Clc1ccc(NN=C2CCC(c3ccccc3)CC2)nn1. The first kappa shape index (κ1) is 14.0. The molecule has 5 heteroatoms. The van der Waals surface area contributed by atoms with E-state index in [4.69, 9.17) is 11.6 Å². The Bertz CT molecular complexity index is 600. The Hall–Kier alpha value is -1.94. The fraction of sp³-hybridized carbons (Fsp3) is 0.312. The van der Waals surface area contributed by atoms with Crippen molar-refractivity contribution in [1.82, 2.24) is 10.2 Å². The number of rotatable bonds is 3. The number of hydrogen-bond acceptors (Lipinski definition) is 4. The summed E-state index contributed by atoms with van der Waals surface area (Å²) in [4.78, 5) is 0. The normalized spacial score (nSPS) is 18.3. The average molecular weight is 301 g/mol. The van der Waals surface area contributed by atoms with E-state index in [2.05, 4.69) is 51.1 Å². The van der Waals surface area contributed by atoms with Gasteiger partial charge < -0.3 is 0 Å². The summed E-state index contributed by atoms with van der Waals surface area (Å²) >= 11 is 5.70. The van der Waals surface area contributed by atoms with Crippen LogP contribution in [0, 0.1) is 0 Å². The number of hydrazone groups is 1. The Balaban J connectivity index is 1.55. The van der Waals surface area contributed by atoms with Crippen LogP contribution < -0.4 is 5.43 Å². The van der Waals surface area contributed by atoms with Crippen molar-refractivity contribution in [3.63, 3.8) is 0 Å². The lowest BCUT2D eigenvalue weighted by atomic mass is 9.83. The summed E-state index contributed by atoms with van der Waals surface area (Å²) in [7, 11) is 0. The largest absolute Gasteiger partial charge is 0.260 e. The van der Waals surface area contributed by atoms with Gasteiger partial charge in [-0.15, -0.1) is 10.2 Å². The Kier molecular flexibility index (Phi) is 4.46. The van der Waals surface area contributed by atoms with E-state index >= 15 is 0 Å². The van der Waals surface area contributed by atoms with Gasteiger partial charge in [0, 0.05) is 5.71 Å². The predicted molar refractivity (Wildman–Crippen MR) is 85.8 cm³/mol. The smallest absolute Gasteiger partial charge is 0.168 e. The van der Waals surface area contributed by atoms with Gasteiger partial charge in [-0.3, -0.25) is 5.43 Å².